The molecule has 1 aliphatic carbocycles. The second-order valence-corrected chi connectivity index (χ2v) is 4.61. The molecule has 2 rings (SSSR count). The molecule has 0 unspecified atom stereocenters. The number of halogens is 3. The van der Waals surface area contributed by atoms with Crippen LogP contribution in [0.4, 0.5) is 13.2 Å². The lowest BCUT2D eigenvalue weighted by molar-refractivity contribution is -0.192. The second kappa shape index (κ2) is 6.74. The molecule has 2 atom stereocenters. The van der Waals surface area contributed by atoms with Crippen molar-refractivity contribution in [3.05, 3.63) is 17.8 Å². The standard InChI is InChI=1S/C10H16N2O.C2HF3O2/c1-7-6-12-10(13-7)8-3-4-9(5-8)11-2;3-2(4,5)1(6)7/h6,8-9,11H,3-5H2,1-2H3;(H,6,7)/t8-,9+;/m0./s1. The van der Waals surface area contributed by atoms with Gasteiger partial charge in [-0.2, -0.15) is 13.2 Å². The number of aromatic nitrogens is 1. The first-order valence-electron chi connectivity index (χ1n) is 6.13. The molecule has 1 saturated carbocycles. The topological polar surface area (TPSA) is 75.4 Å². The van der Waals surface area contributed by atoms with Crippen LogP contribution in [0.5, 0.6) is 0 Å². The lowest BCUT2D eigenvalue weighted by Crippen LogP contribution is -2.21. The summed E-state index contributed by atoms with van der Waals surface area (Å²) in [6, 6.07) is 0.650. The maximum absolute atomic E-state index is 10.6. The van der Waals surface area contributed by atoms with Gasteiger partial charge in [-0.15, -0.1) is 0 Å². The minimum absolute atomic E-state index is 0.533. The van der Waals surface area contributed by atoms with Crippen LogP contribution in [0, 0.1) is 6.92 Å². The largest absolute Gasteiger partial charge is 0.490 e. The summed E-state index contributed by atoms with van der Waals surface area (Å²) in [5, 5.41) is 10.4. The van der Waals surface area contributed by atoms with E-state index in [4.69, 9.17) is 14.3 Å². The van der Waals surface area contributed by atoms with Gasteiger partial charge in [0.25, 0.3) is 0 Å². The van der Waals surface area contributed by atoms with Crippen molar-refractivity contribution in [2.75, 3.05) is 7.05 Å². The van der Waals surface area contributed by atoms with Crippen molar-refractivity contribution in [1.29, 1.82) is 0 Å². The van der Waals surface area contributed by atoms with Crippen molar-refractivity contribution in [1.82, 2.24) is 10.3 Å². The number of rotatable bonds is 2. The number of carbonyl (C=O) groups is 1. The molecule has 0 bridgehead atoms. The Kier molecular flexibility index (Phi) is 5.55. The van der Waals surface area contributed by atoms with Crippen LogP contribution in [0.1, 0.15) is 36.8 Å². The average molecular weight is 294 g/mol. The summed E-state index contributed by atoms with van der Waals surface area (Å²) in [4.78, 5) is 13.2. The monoisotopic (exact) mass is 294 g/mol. The van der Waals surface area contributed by atoms with Crippen molar-refractivity contribution in [2.24, 2.45) is 0 Å². The predicted molar refractivity (Wildman–Crippen MR) is 64.4 cm³/mol. The molecule has 1 aromatic heterocycles. The van der Waals surface area contributed by atoms with E-state index in [0.717, 1.165) is 18.1 Å². The summed E-state index contributed by atoms with van der Waals surface area (Å²) in [6.45, 7) is 1.95. The van der Waals surface area contributed by atoms with Gasteiger partial charge < -0.3 is 14.8 Å². The lowest BCUT2D eigenvalue weighted by atomic mass is 10.1. The van der Waals surface area contributed by atoms with Gasteiger partial charge in [0.2, 0.25) is 0 Å². The Morgan fingerprint density at radius 1 is 1.50 bits per heavy atom. The number of hydrogen-bond donors (Lipinski definition) is 2. The molecule has 1 heterocycles. The Hall–Kier alpha value is -1.57. The molecule has 20 heavy (non-hydrogen) atoms. The third-order valence-electron chi connectivity index (χ3n) is 3.07. The number of carboxylic acid groups (broad SMARTS) is 1. The number of aliphatic carboxylic acids is 1. The maximum Gasteiger partial charge on any atom is 0.490 e. The highest BCUT2D eigenvalue weighted by atomic mass is 19.4. The van der Waals surface area contributed by atoms with Crippen LogP contribution in [0.25, 0.3) is 0 Å². The van der Waals surface area contributed by atoms with E-state index in [2.05, 4.69) is 10.3 Å². The van der Waals surface area contributed by atoms with Gasteiger partial charge in [0.15, 0.2) is 5.89 Å². The van der Waals surface area contributed by atoms with E-state index in [1.54, 1.807) is 0 Å². The van der Waals surface area contributed by atoms with Gasteiger partial charge in [-0.05, 0) is 33.2 Å². The average Bonchev–Trinajstić information content (AvgIpc) is 2.96. The normalized spacial score (nSPS) is 22.2. The Balaban J connectivity index is 0.000000246. The molecule has 1 aromatic rings. The van der Waals surface area contributed by atoms with Crippen molar-refractivity contribution in [3.8, 4) is 0 Å². The highest BCUT2D eigenvalue weighted by Crippen LogP contribution is 2.33. The quantitative estimate of drug-likeness (QED) is 0.876. The third kappa shape index (κ3) is 4.84. The van der Waals surface area contributed by atoms with Gasteiger partial charge in [-0.1, -0.05) is 0 Å². The van der Waals surface area contributed by atoms with Crippen LogP contribution in [-0.2, 0) is 4.79 Å². The number of aryl methyl sites for hydroxylation is 1. The molecule has 0 radical (unpaired) electrons. The number of hydrogen-bond acceptors (Lipinski definition) is 4. The molecule has 0 aliphatic heterocycles. The van der Waals surface area contributed by atoms with E-state index in [0.29, 0.717) is 12.0 Å². The molecule has 0 saturated heterocycles. The fraction of sp³-hybridized carbons (Fsp3) is 0.667. The molecule has 0 spiro atoms. The fourth-order valence-electron chi connectivity index (χ4n) is 2.03. The molecule has 114 valence electrons. The van der Waals surface area contributed by atoms with Gasteiger partial charge in [0.1, 0.15) is 5.76 Å². The summed E-state index contributed by atoms with van der Waals surface area (Å²) in [5.74, 6) is -0.378. The highest BCUT2D eigenvalue weighted by molar-refractivity contribution is 5.73. The first kappa shape index (κ1) is 16.5. The van der Waals surface area contributed by atoms with Crippen LogP contribution < -0.4 is 5.32 Å². The van der Waals surface area contributed by atoms with E-state index in [-0.39, 0.29) is 0 Å². The Morgan fingerprint density at radius 3 is 2.45 bits per heavy atom. The molecular weight excluding hydrogens is 277 g/mol. The summed E-state index contributed by atoms with van der Waals surface area (Å²) >= 11 is 0. The van der Waals surface area contributed by atoms with Crippen LogP contribution in [0.15, 0.2) is 10.6 Å². The van der Waals surface area contributed by atoms with E-state index in [1.165, 1.54) is 12.8 Å². The fourth-order valence-corrected chi connectivity index (χ4v) is 2.03. The molecule has 0 aromatic carbocycles. The summed E-state index contributed by atoms with van der Waals surface area (Å²) in [7, 11) is 2.02. The van der Waals surface area contributed by atoms with E-state index in [1.807, 2.05) is 20.2 Å². The van der Waals surface area contributed by atoms with Crippen LogP contribution in [0.2, 0.25) is 0 Å². The molecule has 0 amide bonds. The first-order chi connectivity index (χ1) is 9.24. The molecule has 5 nitrogen and oxygen atoms in total. The van der Waals surface area contributed by atoms with E-state index < -0.39 is 12.1 Å². The number of nitrogens with one attached hydrogen (secondary N) is 1. The van der Waals surface area contributed by atoms with E-state index in [9.17, 15) is 13.2 Å². The molecule has 1 fully saturated rings. The van der Waals surface area contributed by atoms with Gasteiger partial charge in [0, 0.05) is 12.0 Å². The van der Waals surface area contributed by atoms with Gasteiger partial charge in [-0.3, -0.25) is 0 Å². The molecule has 8 heteroatoms. The van der Waals surface area contributed by atoms with Gasteiger partial charge >= 0.3 is 12.1 Å². The Bertz CT molecular complexity index is 445. The van der Waals surface area contributed by atoms with Crippen LogP contribution in [0.3, 0.4) is 0 Å². The summed E-state index contributed by atoms with van der Waals surface area (Å²) in [6.07, 6.45) is 0.326. The van der Waals surface area contributed by atoms with E-state index >= 15 is 0 Å². The Morgan fingerprint density at radius 2 is 2.10 bits per heavy atom. The zero-order valence-corrected chi connectivity index (χ0v) is 11.2. The van der Waals surface area contributed by atoms with Crippen molar-refractivity contribution in [3.63, 3.8) is 0 Å². The number of nitrogens with zero attached hydrogens (tertiary/aromatic N) is 1. The first-order valence-corrected chi connectivity index (χ1v) is 6.13. The van der Waals surface area contributed by atoms with Crippen LogP contribution in [-0.4, -0.2) is 35.3 Å². The third-order valence-corrected chi connectivity index (χ3v) is 3.07. The lowest BCUT2D eigenvalue weighted by Gasteiger charge is -2.06. The number of alkyl halides is 3. The highest BCUT2D eigenvalue weighted by Gasteiger charge is 2.38. The minimum Gasteiger partial charge on any atom is -0.475 e. The van der Waals surface area contributed by atoms with Crippen molar-refractivity contribution in [2.45, 2.75) is 44.3 Å². The smallest absolute Gasteiger partial charge is 0.475 e. The SMILES string of the molecule is CN[C@@H]1CC[C@H](c2ncc(C)o2)C1.O=C(O)C(F)(F)F. The van der Waals surface area contributed by atoms with Crippen molar-refractivity contribution < 1.29 is 27.5 Å². The Labute approximate surface area is 114 Å². The molecule has 2 N–H and O–H groups in total. The maximum atomic E-state index is 10.6. The minimum atomic E-state index is -5.08. The number of oxazole rings is 1. The zero-order valence-electron chi connectivity index (χ0n) is 11.2. The second-order valence-electron chi connectivity index (χ2n) is 4.61. The van der Waals surface area contributed by atoms with Crippen LogP contribution >= 0.6 is 0 Å². The zero-order chi connectivity index (χ0) is 15.3. The van der Waals surface area contributed by atoms with Gasteiger partial charge in [-0.25, -0.2) is 9.78 Å². The summed E-state index contributed by atoms with van der Waals surface area (Å²) < 4.78 is 37.3. The molecule has 1 aliphatic rings. The van der Waals surface area contributed by atoms with Gasteiger partial charge in [0.05, 0.1) is 6.20 Å². The molecular formula is C12H17F3N2O3. The predicted octanol–water partition coefficient (Wildman–Crippen LogP) is 2.47. The number of carboxylic acids is 1. The summed E-state index contributed by atoms with van der Waals surface area (Å²) in [5.41, 5.74) is 0. The van der Waals surface area contributed by atoms with Crippen molar-refractivity contribution >= 4 is 5.97 Å².